The molecular formula is C15H24. The number of hydrogen-bond acceptors (Lipinski definition) is 0. The maximum absolute atomic E-state index is 2.39. The summed E-state index contributed by atoms with van der Waals surface area (Å²) in [5, 5.41) is 0. The van der Waals surface area contributed by atoms with E-state index in [0.29, 0.717) is 0 Å². The van der Waals surface area contributed by atoms with E-state index in [4.69, 9.17) is 0 Å². The highest BCUT2D eigenvalue weighted by Crippen LogP contribution is 2.26. The lowest BCUT2D eigenvalue weighted by Gasteiger charge is -2.21. The molecule has 0 aromatic rings. The second kappa shape index (κ2) is 5.95. The van der Waals surface area contributed by atoms with Crippen molar-refractivity contribution in [3.8, 4) is 0 Å². The van der Waals surface area contributed by atoms with Crippen LogP contribution in [0.4, 0.5) is 0 Å². The normalized spacial score (nSPS) is 22.1. The molecule has 0 heterocycles. The van der Waals surface area contributed by atoms with Crippen LogP contribution in [-0.4, -0.2) is 0 Å². The van der Waals surface area contributed by atoms with Gasteiger partial charge in [-0.2, -0.15) is 0 Å². The molecule has 1 aliphatic rings. The lowest BCUT2D eigenvalue weighted by atomic mass is 9.84. The van der Waals surface area contributed by atoms with Crippen LogP contribution in [0.2, 0.25) is 0 Å². The van der Waals surface area contributed by atoms with Gasteiger partial charge in [-0.3, -0.25) is 0 Å². The van der Waals surface area contributed by atoms with Gasteiger partial charge in [0, 0.05) is 0 Å². The average molecular weight is 204 g/mol. The van der Waals surface area contributed by atoms with Crippen molar-refractivity contribution in [1.29, 1.82) is 0 Å². The Hall–Kier alpha value is -0.780. The summed E-state index contributed by atoms with van der Waals surface area (Å²) >= 11 is 0. The molecule has 15 heavy (non-hydrogen) atoms. The lowest BCUT2D eigenvalue weighted by molar-refractivity contribution is 0.403. The van der Waals surface area contributed by atoms with E-state index in [2.05, 4.69) is 52.0 Å². The average Bonchev–Trinajstić information content (AvgIpc) is 2.18. The second-order valence-corrected chi connectivity index (χ2v) is 5.04. The van der Waals surface area contributed by atoms with E-state index in [1.807, 2.05) is 0 Å². The SMILES string of the molecule is CC(C)=CCC[C@@H](C)[C@@H]1C=CC(C)=CC1. The Balaban J connectivity index is 2.33. The molecule has 0 heteroatoms. The van der Waals surface area contributed by atoms with Gasteiger partial charge < -0.3 is 0 Å². The molecule has 0 amide bonds. The zero-order valence-electron chi connectivity index (χ0n) is 10.6. The first-order valence-electron chi connectivity index (χ1n) is 6.08. The minimum absolute atomic E-state index is 0.763. The second-order valence-electron chi connectivity index (χ2n) is 5.04. The third kappa shape index (κ3) is 4.51. The predicted octanol–water partition coefficient (Wildman–Crippen LogP) is 4.89. The summed E-state index contributed by atoms with van der Waals surface area (Å²) < 4.78 is 0. The summed E-state index contributed by atoms with van der Waals surface area (Å²) in [6.45, 7) is 8.91. The highest BCUT2D eigenvalue weighted by Gasteiger charge is 2.14. The van der Waals surface area contributed by atoms with Gasteiger partial charge in [0.25, 0.3) is 0 Å². The molecule has 2 atom stereocenters. The van der Waals surface area contributed by atoms with Gasteiger partial charge in [0.2, 0.25) is 0 Å². The Morgan fingerprint density at radius 2 is 2.27 bits per heavy atom. The standard InChI is InChI=1S/C15H24/c1-12(2)6-5-7-14(4)15-10-8-13(3)9-11-15/h6,8-10,14-15H,5,7,11H2,1-4H3/t14-,15-/m1/s1. The zero-order chi connectivity index (χ0) is 11.3. The molecule has 0 spiro atoms. The molecule has 0 fully saturated rings. The minimum atomic E-state index is 0.763. The maximum atomic E-state index is 2.39. The van der Waals surface area contributed by atoms with E-state index in [1.54, 1.807) is 0 Å². The monoisotopic (exact) mass is 204 g/mol. The van der Waals surface area contributed by atoms with E-state index in [0.717, 1.165) is 11.8 Å². The van der Waals surface area contributed by atoms with Crippen molar-refractivity contribution in [2.75, 3.05) is 0 Å². The molecule has 1 aliphatic carbocycles. The fourth-order valence-electron chi connectivity index (χ4n) is 2.01. The Morgan fingerprint density at radius 3 is 2.80 bits per heavy atom. The topological polar surface area (TPSA) is 0 Å². The zero-order valence-corrected chi connectivity index (χ0v) is 10.6. The number of rotatable bonds is 4. The van der Waals surface area contributed by atoms with Gasteiger partial charge in [-0.05, 0) is 51.9 Å². The van der Waals surface area contributed by atoms with Gasteiger partial charge in [0.15, 0.2) is 0 Å². The fraction of sp³-hybridized carbons (Fsp3) is 0.600. The van der Waals surface area contributed by atoms with Gasteiger partial charge in [-0.1, -0.05) is 42.4 Å². The summed E-state index contributed by atoms with van der Waals surface area (Å²) in [7, 11) is 0. The van der Waals surface area contributed by atoms with Crippen LogP contribution in [0.15, 0.2) is 35.5 Å². The number of allylic oxidation sites excluding steroid dienone is 6. The summed E-state index contributed by atoms with van der Waals surface area (Å²) in [4.78, 5) is 0. The fourth-order valence-corrected chi connectivity index (χ4v) is 2.01. The van der Waals surface area contributed by atoms with Crippen LogP contribution in [0.25, 0.3) is 0 Å². The van der Waals surface area contributed by atoms with Crippen molar-refractivity contribution in [3.05, 3.63) is 35.5 Å². The van der Waals surface area contributed by atoms with Gasteiger partial charge in [-0.25, -0.2) is 0 Å². The molecular weight excluding hydrogens is 180 g/mol. The Morgan fingerprint density at radius 1 is 1.53 bits per heavy atom. The molecule has 0 saturated heterocycles. The molecule has 0 aromatic heterocycles. The third-order valence-corrected chi connectivity index (χ3v) is 3.22. The first-order chi connectivity index (χ1) is 7.09. The van der Waals surface area contributed by atoms with Crippen LogP contribution in [0.1, 0.15) is 47.0 Å². The van der Waals surface area contributed by atoms with Crippen molar-refractivity contribution in [2.45, 2.75) is 47.0 Å². The van der Waals surface area contributed by atoms with Gasteiger partial charge in [0.1, 0.15) is 0 Å². The van der Waals surface area contributed by atoms with Crippen molar-refractivity contribution >= 4 is 0 Å². The molecule has 0 saturated carbocycles. The highest BCUT2D eigenvalue weighted by atomic mass is 14.2. The Bertz CT molecular complexity index is 274. The largest absolute Gasteiger partial charge is 0.0859 e. The molecule has 0 nitrogen and oxygen atoms in total. The van der Waals surface area contributed by atoms with Gasteiger partial charge in [-0.15, -0.1) is 0 Å². The summed E-state index contributed by atoms with van der Waals surface area (Å²) in [5.41, 5.74) is 2.86. The lowest BCUT2D eigenvalue weighted by Crippen LogP contribution is -2.10. The van der Waals surface area contributed by atoms with Crippen molar-refractivity contribution in [3.63, 3.8) is 0 Å². The van der Waals surface area contributed by atoms with E-state index in [9.17, 15) is 0 Å². The van der Waals surface area contributed by atoms with E-state index in [1.165, 1.54) is 30.4 Å². The van der Waals surface area contributed by atoms with Crippen molar-refractivity contribution in [1.82, 2.24) is 0 Å². The molecule has 0 radical (unpaired) electrons. The van der Waals surface area contributed by atoms with Gasteiger partial charge >= 0.3 is 0 Å². The van der Waals surface area contributed by atoms with E-state index >= 15 is 0 Å². The van der Waals surface area contributed by atoms with Crippen LogP contribution in [0, 0.1) is 11.8 Å². The van der Waals surface area contributed by atoms with Crippen molar-refractivity contribution < 1.29 is 0 Å². The highest BCUT2D eigenvalue weighted by molar-refractivity contribution is 5.21. The van der Waals surface area contributed by atoms with Crippen molar-refractivity contribution in [2.24, 2.45) is 11.8 Å². The van der Waals surface area contributed by atoms with Gasteiger partial charge in [0.05, 0.1) is 0 Å². The Labute approximate surface area is 94.8 Å². The molecule has 0 unspecified atom stereocenters. The summed E-state index contributed by atoms with van der Waals surface area (Å²) in [6, 6.07) is 0. The van der Waals surface area contributed by atoms with Crippen LogP contribution >= 0.6 is 0 Å². The predicted molar refractivity (Wildman–Crippen MR) is 68.8 cm³/mol. The smallest absolute Gasteiger partial charge is 0.0170 e. The van der Waals surface area contributed by atoms with Crippen LogP contribution in [0.3, 0.4) is 0 Å². The van der Waals surface area contributed by atoms with Crippen LogP contribution in [-0.2, 0) is 0 Å². The van der Waals surface area contributed by atoms with Crippen LogP contribution < -0.4 is 0 Å². The Kier molecular flexibility index (Phi) is 4.87. The molecule has 0 bridgehead atoms. The van der Waals surface area contributed by atoms with E-state index in [-0.39, 0.29) is 0 Å². The molecule has 0 aliphatic heterocycles. The number of hydrogen-bond donors (Lipinski definition) is 0. The first kappa shape index (κ1) is 12.3. The third-order valence-electron chi connectivity index (χ3n) is 3.22. The maximum Gasteiger partial charge on any atom is -0.0170 e. The molecule has 84 valence electrons. The summed E-state index contributed by atoms with van der Waals surface area (Å²) in [5.74, 6) is 1.57. The van der Waals surface area contributed by atoms with Crippen LogP contribution in [0.5, 0.6) is 0 Å². The minimum Gasteiger partial charge on any atom is -0.0859 e. The first-order valence-corrected chi connectivity index (χ1v) is 6.08. The summed E-state index contributed by atoms with van der Waals surface area (Å²) in [6.07, 6.45) is 13.2. The molecule has 0 N–H and O–H groups in total. The van der Waals surface area contributed by atoms with E-state index < -0.39 is 0 Å². The quantitative estimate of drug-likeness (QED) is 0.572. The molecule has 0 aromatic carbocycles. The molecule has 1 rings (SSSR count).